The maximum absolute atomic E-state index is 12.8. The predicted molar refractivity (Wildman–Crippen MR) is 279 cm³/mol. The molecule has 0 aromatic heterocycles. The van der Waals surface area contributed by atoms with Crippen molar-refractivity contribution < 1.29 is 28.6 Å². The van der Waals surface area contributed by atoms with Crippen molar-refractivity contribution in [2.24, 2.45) is 0 Å². The second-order valence-corrected chi connectivity index (χ2v) is 18.5. The van der Waals surface area contributed by atoms with E-state index >= 15 is 0 Å². The van der Waals surface area contributed by atoms with Crippen LogP contribution in [0.1, 0.15) is 278 Å². The molecule has 6 nitrogen and oxygen atoms in total. The van der Waals surface area contributed by atoms with E-state index in [1.807, 2.05) is 0 Å². The first kappa shape index (κ1) is 62.1. The summed E-state index contributed by atoms with van der Waals surface area (Å²) in [6.45, 7) is 6.50. The standard InChI is InChI=1S/C59H104O6/c1-4-7-10-13-16-19-22-24-26-27-28-29-30-31-33-34-37-40-43-46-49-52-58(61)64-55-56(54-63-57(60)51-48-45-42-39-36-21-18-15-12-9-6-3)65-59(62)53-50-47-44-41-38-35-32-25-23-20-17-14-11-8-5-2/h8,11,17,20,25,27-28,32,38,41,56H,4-7,9-10,12-16,18-19,21-24,26,29-31,33-37,39-40,42-55H2,1-3H3/b11-8-,20-17-,28-27-,32-25-,41-38-. The van der Waals surface area contributed by atoms with Gasteiger partial charge in [-0.05, 0) is 83.5 Å². The molecule has 0 fully saturated rings. The van der Waals surface area contributed by atoms with Crippen LogP contribution in [-0.4, -0.2) is 37.2 Å². The fourth-order valence-electron chi connectivity index (χ4n) is 7.84. The molecule has 0 saturated heterocycles. The number of hydrogen-bond donors (Lipinski definition) is 0. The summed E-state index contributed by atoms with van der Waals surface area (Å²) >= 11 is 0. The van der Waals surface area contributed by atoms with Crippen LogP contribution < -0.4 is 0 Å². The SMILES string of the molecule is CC/C=C\C/C=C\C/C=C\C/C=C\CCCCC(=O)OC(COC(=O)CCCCCCCCCCC/C=C\CCCCCCCCCC)COC(=O)CCCCCCCCCCCCC. The quantitative estimate of drug-likeness (QED) is 0.0262. The molecule has 1 unspecified atom stereocenters. The fourth-order valence-corrected chi connectivity index (χ4v) is 7.84. The van der Waals surface area contributed by atoms with E-state index in [0.717, 1.165) is 77.0 Å². The average molecular weight is 909 g/mol. The predicted octanol–water partition coefficient (Wildman–Crippen LogP) is 18.4. The Morgan fingerprint density at radius 1 is 0.323 bits per heavy atom. The molecule has 65 heavy (non-hydrogen) atoms. The summed E-state index contributed by atoms with van der Waals surface area (Å²) in [5.74, 6) is -0.926. The molecule has 0 aliphatic carbocycles. The zero-order chi connectivity index (χ0) is 47.2. The minimum absolute atomic E-state index is 0.0894. The highest BCUT2D eigenvalue weighted by Gasteiger charge is 2.19. The van der Waals surface area contributed by atoms with Gasteiger partial charge in [0.05, 0.1) is 0 Å². The van der Waals surface area contributed by atoms with Gasteiger partial charge in [0.25, 0.3) is 0 Å². The van der Waals surface area contributed by atoms with Crippen LogP contribution >= 0.6 is 0 Å². The summed E-state index contributed by atoms with van der Waals surface area (Å²) in [6.07, 6.45) is 66.5. The number of carbonyl (C=O) groups is 3. The summed E-state index contributed by atoms with van der Waals surface area (Å²) in [4.78, 5) is 38.0. The minimum Gasteiger partial charge on any atom is -0.462 e. The lowest BCUT2D eigenvalue weighted by molar-refractivity contribution is -0.167. The highest BCUT2D eigenvalue weighted by molar-refractivity contribution is 5.71. The second-order valence-electron chi connectivity index (χ2n) is 18.5. The van der Waals surface area contributed by atoms with Crippen LogP contribution in [0.15, 0.2) is 60.8 Å². The second kappa shape index (κ2) is 53.7. The molecule has 0 bridgehead atoms. The Morgan fingerprint density at radius 2 is 0.600 bits per heavy atom. The van der Waals surface area contributed by atoms with Crippen molar-refractivity contribution >= 4 is 17.9 Å². The van der Waals surface area contributed by atoms with Crippen LogP contribution in [0.4, 0.5) is 0 Å². The van der Waals surface area contributed by atoms with Crippen LogP contribution in [0.5, 0.6) is 0 Å². The van der Waals surface area contributed by atoms with Gasteiger partial charge in [-0.1, -0.05) is 236 Å². The smallest absolute Gasteiger partial charge is 0.306 e. The molecule has 1 atom stereocenters. The van der Waals surface area contributed by atoms with Crippen molar-refractivity contribution in [2.45, 2.75) is 284 Å². The van der Waals surface area contributed by atoms with Crippen LogP contribution in [0.25, 0.3) is 0 Å². The number of carbonyl (C=O) groups excluding carboxylic acids is 3. The van der Waals surface area contributed by atoms with Crippen molar-refractivity contribution in [1.29, 1.82) is 0 Å². The largest absolute Gasteiger partial charge is 0.462 e. The fraction of sp³-hybridized carbons (Fsp3) is 0.780. The number of unbranched alkanes of at least 4 members (excludes halogenated alkanes) is 29. The molecule has 0 heterocycles. The van der Waals surface area contributed by atoms with Gasteiger partial charge in [-0.25, -0.2) is 0 Å². The minimum atomic E-state index is -0.794. The van der Waals surface area contributed by atoms with Crippen molar-refractivity contribution in [3.8, 4) is 0 Å². The van der Waals surface area contributed by atoms with Gasteiger partial charge < -0.3 is 14.2 Å². The summed E-state index contributed by atoms with van der Waals surface area (Å²) in [5, 5.41) is 0. The van der Waals surface area contributed by atoms with Crippen molar-refractivity contribution in [3.05, 3.63) is 60.8 Å². The van der Waals surface area contributed by atoms with E-state index in [4.69, 9.17) is 14.2 Å². The van der Waals surface area contributed by atoms with E-state index in [9.17, 15) is 14.4 Å². The number of ether oxygens (including phenoxy) is 3. The first-order valence-electron chi connectivity index (χ1n) is 27.8. The Morgan fingerprint density at radius 3 is 0.985 bits per heavy atom. The molecular weight excluding hydrogens is 805 g/mol. The van der Waals surface area contributed by atoms with Gasteiger partial charge in [-0.2, -0.15) is 0 Å². The first-order valence-corrected chi connectivity index (χ1v) is 27.8. The highest BCUT2D eigenvalue weighted by Crippen LogP contribution is 2.15. The van der Waals surface area contributed by atoms with Crippen LogP contribution in [0.3, 0.4) is 0 Å². The lowest BCUT2D eigenvalue weighted by Crippen LogP contribution is -2.30. The summed E-state index contributed by atoms with van der Waals surface area (Å²) in [6, 6.07) is 0. The Bertz CT molecular complexity index is 1180. The highest BCUT2D eigenvalue weighted by atomic mass is 16.6. The van der Waals surface area contributed by atoms with E-state index in [1.54, 1.807) is 0 Å². The Balaban J connectivity index is 4.34. The maximum Gasteiger partial charge on any atom is 0.306 e. The normalized spacial score (nSPS) is 12.5. The van der Waals surface area contributed by atoms with Crippen molar-refractivity contribution in [3.63, 3.8) is 0 Å². The van der Waals surface area contributed by atoms with Crippen LogP contribution in [0, 0.1) is 0 Å². The zero-order valence-corrected chi connectivity index (χ0v) is 43.0. The monoisotopic (exact) mass is 909 g/mol. The molecule has 0 amide bonds. The van der Waals surface area contributed by atoms with E-state index < -0.39 is 6.10 Å². The van der Waals surface area contributed by atoms with Gasteiger partial charge in [0.2, 0.25) is 0 Å². The topological polar surface area (TPSA) is 78.9 Å². The third-order valence-electron chi connectivity index (χ3n) is 12.0. The molecule has 0 rings (SSSR count). The van der Waals surface area contributed by atoms with Gasteiger partial charge in [0.15, 0.2) is 6.10 Å². The summed E-state index contributed by atoms with van der Waals surface area (Å²) < 4.78 is 16.8. The van der Waals surface area contributed by atoms with Crippen LogP contribution in [0.2, 0.25) is 0 Å². The Kier molecular flexibility index (Phi) is 51.3. The number of rotatable bonds is 50. The Labute approximate surface area is 402 Å². The summed E-state index contributed by atoms with van der Waals surface area (Å²) in [5.41, 5.74) is 0. The van der Waals surface area contributed by atoms with Gasteiger partial charge in [-0.3, -0.25) is 14.4 Å². The molecule has 0 N–H and O–H groups in total. The molecule has 0 aliphatic rings. The third-order valence-corrected chi connectivity index (χ3v) is 12.0. The average Bonchev–Trinajstić information content (AvgIpc) is 3.30. The maximum atomic E-state index is 12.8. The lowest BCUT2D eigenvalue weighted by Gasteiger charge is -2.18. The molecule has 0 radical (unpaired) electrons. The molecule has 0 aliphatic heterocycles. The van der Waals surface area contributed by atoms with Gasteiger partial charge in [0.1, 0.15) is 13.2 Å². The number of allylic oxidation sites excluding steroid dienone is 10. The number of esters is 3. The molecule has 0 saturated carbocycles. The molecule has 0 aromatic rings. The van der Waals surface area contributed by atoms with E-state index in [0.29, 0.717) is 19.3 Å². The Hall–Kier alpha value is -2.89. The molecular formula is C59H104O6. The molecule has 0 aromatic carbocycles. The van der Waals surface area contributed by atoms with Crippen LogP contribution in [-0.2, 0) is 28.6 Å². The lowest BCUT2D eigenvalue weighted by atomic mass is 10.1. The van der Waals surface area contributed by atoms with E-state index in [-0.39, 0.29) is 37.5 Å². The zero-order valence-electron chi connectivity index (χ0n) is 43.0. The number of hydrogen-bond acceptors (Lipinski definition) is 6. The van der Waals surface area contributed by atoms with E-state index in [2.05, 4.69) is 81.5 Å². The van der Waals surface area contributed by atoms with Gasteiger partial charge >= 0.3 is 17.9 Å². The van der Waals surface area contributed by atoms with Crippen molar-refractivity contribution in [2.75, 3.05) is 13.2 Å². The molecule has 6 heteroatoms. The third kappa shape index (κ3) is 51.9. The van der Waals surface area contributed by atoms with Crippen molar-refractivity contribution in [1.82, 2.24) is 0 Å². The molecule has 0 spiro atoms. The van der Waals surface area contributed by atoms with Gasteiger partial charge in [0, 0.05) is 19.3 Å². The molecule has 376 valence electrons. The van der Waals surface area contributed by atoms with E-state index in [1.165, 1.54) is 154 Å². The van der Waals surface area contributed by atoms with Gasteiger partial charge in [-0.15, -0.1) is 0 Å². The summed E-state index contributed by atoms with van der Waals surface area (Å²) in [7, 11) is 0. The first-order chi connectivity index (χ1) is 32.0.